The summed E-state index contributed by atoms with van der Waals surface area (Å²) in [5.41, 5.74) is 7.59. The summed E-state index contributed by atoms with van der Waals surface area (Å²) in [6.45, 7) is 0.827. The molecule has 0 bridgehead atoms. The van der Waals surface area contributed by atoms with Gasteiger partial charge in [0.2, 0.25) is 5.91 Å². The third-order valence-corrected chi connectivity index (χ3v) is 3.34. The molecule has 18 heavy (non-hydrogen) atoms. The lowest BCUT2D eigenvalue weighted by atomic mass is 10.1. The summed E-state index contributed by atoms with van der Waals surface area (Å²) < 4.78 is 0. The van der Waals surface area contributed by atoms with Crippen LogP contribution in [0.15, 0.2) is 24.3 Å². The predicted molar refractivity (Wildman–Crippen MR) is 77.8 cm³/mol. The van der Waals surface area contributed by atoms with E-state index in [4.69, 9.17) is 18.0 Å². The molecule has 0 radical (unpaired) electrons. The molecule has 1 aliphatic rings. The number of hydrogen-bond donors (Lipinski definition) is 1. The molecule has 1 heterocycles. The maximum atomic E-state index is 12.0. The van der Waals surface area contributed by atoms with Crippen molar-refractivity contribution in [1.82, 2.24) is 0 Å². The molecule has 0 atom stereocenters. The molecular formula is C14H18N2OS. The highest BCUT2D eigenvalue weighted by atomic mass is 32.1. The summed E-state index contributed by atoms with van der Waals surface area (Å²) in [5, 5.41) is 0. The maximum absolute atomic E-state index is 12.0. The normalized spacial score (nSPS) is 16.4. The quantitative estimate of drug-likeness (QED) is 0.851. The standard InChI is InChI=1S/C14H18N2OS/c15-13(18)10-11-5-7-12(8-6-11)16-9-3-1-2-4-14(16)17/h5-8H,1-4,9-10H2,(H2,15,18). The highest BCUT2D eigenvalue weighted by Crippen LogP contribution is 2.21. The van der Waals surface area contributed by atoms with Crippen LogP contribution in [0.3, 0.4) is 0 Å². The van der Waals surface area contributed by atoms with Crippen LogP contribution < -0.4 is 10.6 Å². The fourth-order valence-electron chi connectivity index (χ4n) is 2.25. The lowest BCUT2D eigenvalue weighted by Crippen LogP contribution is -2.29. The van der Waals surface area contributed by atoms with Crippen LogP contribution >= 0.6 is 12.2 Å². The average molecular weight is 262 g/mol. The Bertz CT molecular complexity index is 442. The number of hydrogen-bond acceptors (Lipinski definition) is 2. The molecule has 1 saturated heterocycles. The van der Waals surface area contributed by atoms with Crippen molar-refractivity contribution in [2.45, 2.75) is 32.1 Å². The lowest BCUT2D eigenvalue weighted by molar-refractivity contribution is -0.118. The second kappa shape index (κ2) is 5.96. The van der Waals surface area contributed by atoms with Crippen molar-refractivity contribution in [2.75, 3.05) is 11.4 Å². The predicted octanol–water partition coefficient (Wildman–Crippen LogP) is 2.42. The molecule has 0 saturated carbocycles. The van der Waals surface area contributed by atoms with Gasteiger partial charge in [-0.3, -0.25) is 4.79 Å². The van der Waals surface area contributed by atoms with Gasteiger partial charge in [-0.1, -0.05) is 30.8 Å². The van der Waals surface area contributed by atoms with E-state index >= 15 is 0 Å². The second-order valence-electron chi connectivity index (χ2n) is 4.67. The van der Waals surface area contributed by atoms with Crippen LogP contribution in [-0.4, -0.2) is 17.4 Å². The van der Waals surface area contributed by atoms with E-state index in [0.717, 1.165) is 37.1 Å². The van der Waals surface area contributed by atoms with E-state index in [0.29, 0.717) is 17.8 Å². The number of nitrogens with two attached hydrogens (primary N) is 1. The fraction of sp³-hybridized carbons (Fsp3) is 0.429. The van der Waals surface area contributed by atoms with Crippen molar-refractivity contribution in [2.24, 2.45) is 5.73 Å². The average Bonchev–Trinajstić information content (AvgIpc) is 2.54. The summed E-state index contributed by atoms with van der Waals surface area (Å²) in [6, 6.07) is 7.95. The van der Waals surface area contributed by atoms with Gasteiger partial charge in [-0.25, -0.2) is 0 Å². The van der Waals surface area contributed by atoms with Crippen LogP contribution in [0.4, 0.5) is 5.69 Å². The summed E-state index contributed by atoms with van der Waals surface area (Å²) in [4.78, 5) is 14.3. The molecule has 1 fully saturated rings. The van der Waals surface area contributed by atoms with E-state index in [-0.39, 0.29) is 5.91 Å². The van der Waals surface area contributed by atoms with Gasteiger partial charge in [0.25, 0.3) is 0 Å². The van der Waals surface area contributed by atoms with Crippen LogP contribution in [0.25, 0.3) is 0 Å². The molecule has 1 aromatic carbocycles. The third-order valence-electron chi connectivity index (χ3n) is 3.20. The first-order chi connectivity index (χ1) is 8.66. The van der Waals surface area contributed by atoms with E-state index in [1.165, 1.54) is 0 Å². The van der Waals surface area contributed by atoms with Crippen molar-refractivity contribution in [3.05, 3.63) is 29.8 Å². The lowest BCUT2D eigenvalue weighted by Gasteiger charge is -2.20. The van der Waals surface area contributed by atoms with Crippen molar-refractivity contribution < 1.29 is 4.79 Å². The van der Waals surface area contributed by atoms with Gasteiger partial charge in [0.05, 0.1) is 4.99 Å². The largest absolute Gasteiger partial charge is 0.393 e. The van der Waals surface area contributed by atoms with E-state index in [2.05, 4.69) is 0 Å². The van der Waals surface area contributed by atoms with E-state index in [1.807, 2.05) is 29.2 Å². The Balaban J connectivity index is 2.12. The highest BCUT2D eigenvalue weighted by Gasteiger charge is 2.17. The van der Waals surface area contributed by atoms with Crippen molar-refractivity contribution in [3.8, 4) is 0 Å². The molecule has 1 aromatic rings. The topological polar surface area (TPSA) is 46.3 Å². The Labute approximate surface area is 113 Å². The van der Waals surface area contributed by atoms with E-state index in [9.17, 15) is 4.79 Å². The van der Waals surface area contributed by atoms with Gasteiger partial charge in [0.15, 0.2) is 0 Å². The maximum Gasteiger partial charge on any atom is 0.226 e. The highest BCUT2D eigenvalue weighted by molar-refractivity contribution is 7.80. The monoisotopic (exact) mass is 262 g/mol. The number of thiocarbonyl (C=S) groups is 1. The Morgan fingerprint density at radius 1 is 1.22 bits per heavy atom. The Morgan fingerprint density at radius 2 is 1.94 bits per heavy atom. The van der Waals surface area contributed by atoms with Gasteiger partial charge in [-0.2, -0.15) is 0 Å². The van der Waals surface area contributed by atoms with Gasteiger partial charge >= 0.3 is 0 Å². The van der Waals surface area contributed by atoms with Crippen LogP contribution in [0.2, 0.25) is 0 Å². The number of nitrogens with zero attached hydrogens (tertiary/aromatic N) is 1. The second-order valence-corrected chi connectivity index (χ2v) is 5.19. The molecule has 2 N–H and O–H groups in total. The SMILES string of the molecule is NC(=S)Cc1ccc(N2CCCCCC2=O)cc1. The number of benzene rings is 1. The Morgan fingerprint density at radius 3 is 2.61 bits per heavy atom. The van der Waals surface area contributed by atoms with Crippen molar-refractivity contribution in [3.63, 3.8) is 0 Å². The minimum Gasteiger partial charge on any atom is -0.393 e. The molecule has 0 unspecified atom stereocenters. The smallest absolute Gasteiger partial charge is 0.226 e. The number of carbonyl (C=O) groups excluding carboxylic acids is 1. The van der Waals surface area contributed by atoms with E-state index in [1.54, 1.807) is 0 Å². The van der Waals surface area contributed by atoms with Crippen LogP contribution in [0.5, 0.6) is 0 Å². The third kappa shape index (κ3) is 3.29. The molecule has 3 nitrogen and oxygen atoms in total. The zero-order valence-electron chi connectivity index (χ0n) is 10.4. The zero-order valence-corrected chi connectivity index (χ0v) is 11.2. The summed E-state index contributed by atoms with van der Waals surface area (Å²) in [6.07, 6.45) is 4.51. The van der Waals surface area contributed by atoms with Gasteiger partial charge < -0.3 is 10.6 Å². The molecular weight excluding hydrogens is 244 g/mol. The number of amides is 1. The molecule has 96 valence electrons. The molecule has 2 rings (SSSR count). The van der Waals surface area contributed by atoms with Crippen LogP contribution in [-0.2, 0) is 11.2 Å². The molecule has 0 spiro atoms. The summed E-state index contributed by atoms with van der Waals surface area (Å²) in [5.74, 6) is 0.231. The van der Waals surface area contributed by atoms with Gasteiger partial charge in [0, 0.05) is 25.1 Å². The number of carbonyl (C=O) groups is 1. The Kier molecular flexibility index (Phi) is 4.31. The molecule has 4 heteroatoms. The van der Waals surface area contributed by atoms with Gasteiger partial charge in [-0.05, 0) is 30.5 Å². The first-order valence-corrected chi connectivity index (χ1v) is 6.75. The van der Waals surface area contributed by atoms with Gasteiger partial charge in [0.1, 0.15) is 0 Å². The number of rotatable bonds is 3. The summed E-state index contributed by atoms with van der Waals surface area (Å²) in [7, 11) is 0. The number of anilines is 1. The zero-order chi connectivity index (χ0) is 13.0. The molecule has 0 aliphatic carbocycles. The minimum absolute atomic E-state index is 0.231. The van der Waals surface area contributed by atoms with Crippen LogP contribution in [0.1, 0.15) is 31.2 Å². The summed E-state index contributed by atoms with van der Waals surface area (Å²) >= 11 is 4.89. The first-order valence-electron chi connectivity index (χ1n) is 6.34. The van der Waals surface area contributed by atoms with Crippen LogP contribution in [0, 0.1) is 0 Å². The molecule has 1 amide bonds. The van der Waals surface area contributed by atoms with Gasteiger partial charge in [-0.15, -0.1) is 0 Å². The van der Waals surface area contributed by atoms with E-state index < -0.39 is 0 Å². The molecule has 0 aromatic heterocycles. The Hall–Kier alpha value is -1.42. The molecule has 1 aliphatic heterocycles. The first kappa shape index (κ1) is 13.0. The minimum atomic E-state index is 0.231. The fourth-order valence-corrected chi connectivity index (χ4v) is 2.42. The van der Waals surface area contributed by atoms with Crippen molar-refractivity contribution >= 4 is 28.8 Å². The van der Waals surface area contributed by atoms with Crippen molar-refractivity contribution in [1.29, 1.82) is 0 Å².